The number of aromatic amines is 1. The number of benzene rings is 1. The molecule has 216 valence electrons. The van der Waals surface area contributed by atoms with Crippen molar-refractivity contribution in [1.29, 1.82) is 0 Å². The topological polar surface area (TPSA) is 99.6 Å². The molecular formula is C30H38F2N4O4. The fraction of sp³-hybridized carbons (Fsp3) is 0.533. The predicted octanol–water partition coefficient (Wildman–Crippen LogP) is 4.52. The van der Waals surface area contributed by atoms with E-state index in [2.05, 4.69) is 26.7 Å². The van der Waals surface area contributed by atoms with Gasteiger partial charge in [-0.25, -0.2) is 0 Å². The summed E-state index contributed by atoms with van der Waals surface area (Å²) in [5.41, 5.74) is 1.82. The van der Waals surface area contributed by atoms with Crippen LogP contribution in [-0.4, -0.2) is 58.3 Å². The van der Waals surface area contributed by atoms with Gasteiger partial charge in [-0.2, -0.15) is 8.78 Å². The second-order valence-electron chi connectivity index (χ2n) is 11.5. The van der Waals surface area contributed by atoms with Crippen molar-refractivity contribution in [2.45, 2.75) is 65.1 Å². The molecule has 1 amide bonds. The molecule has 3 aromatic rings. The number of methoxy groups -OCH3 is 1. The summed E-state index contributed by atoms with van der Waals surface area (Å²) in [6.45, 7) is 7.52. The number of hydrogen-bond acceptors (Lipinski definition) is 5. The number of para-hydroxylation sites is 1. The smallest absolute Gasteiger partial charge is 0.360 e. The summed E-state index contributed by atoms with van der Waals surface area (Å²) in [5.74, 6) is 0.467. The van der Waals surface area contributed by atoms with Crippen LogP contribution in [0.2, 0.25) is 0 Å². The highest BCUT2D eigenvalue weighted by Gasteiger charge is 2.62. The van der Waals surface area contributed by atoms with Gasteiger partial charge < -0.3 is 29.6 Å². The number of carbonyl (C=O) groups is 1. The zero-order chi connectivity index (χ0) is 28.8. The summed E-state index contributed by atoms with van der Waals surface area (Å²) in [6, 6.07) is 9.63. The number of halogens is 2. The lowest BCUT2D eigenvalue weighted by molar-refractivity contribution is -0.252. The summed E-state index contributed by atoms with van der Waals surface area (Å²) in [6.07, 6.45) is -1.22. The molecule has 3 N–H and O–H groups in total. The number of likely N-dealkylation sites (tertiary alicyclic amines) is 1. The molecule has 0 spiro atoms. The first-order valence-corrected chi connectivity index (χ1v) is 13.9. The summed E-state index contributed by atoms with van der Waals surface area (Å²) < 4.78 is 35.0. The van der Waals surface area contributed by atoms with Crippen LogP contribution in [0.5, 0.6) is 5.75 Å². The number of piperidine rings is 1. The third-order valence-corrected chi connectivity index (χ3v) is 9.00. The molecule has 10 heteroatoms. The van der Waals surface area contributed by atoms with Crippen LogP contribution in [0.25, 0.3) is 10.9 Å². The van der Waals surface area contributed by atoms with E-state index in [-0.39, 0.29) is 30.6 Å². The highest BCUT2D eigenvalue weighted by atomic mass is 19.3. The number of ether oxygens (including phenoxy) is 1. The van der Waals surface area contributed by atoms with E-state index in [0.29, 0.717) is 54.4 Å². The lowest BCUT2D eigenvalue weighted by Gasteiger charge is -2.38. The van der Waals surface area contributed by atoms with Gasteiger partial charge in [0.15, 0.2) is 0 Å². The van der Waals surface area contributed by atoms with E-state index >= 15 is 0 Å². The SMILES string of the molecule is COc1cc(C)[nH]c(=O)c1CNC(=O)c1c(C)n([C@H](C)C2CCN(CC3(C(O)(F)F)CC3)CC2)c2ccccc12. The minimum absolute atomic E-state index is 0.0267. The number of aryl methyl sites for hydroxylation is 1. The maximum atomic E-state index is 13.7. The number of aliphatic hydroxyl groups is 1. The number of aromatic nitrogens is 2. The van der Waals surface area contributed by atoms with Gasteiger partial charge in [-0.1, -0.05) is 18.2 Å². The van der Waals surface area contributed by atoms with Crippen LogP contribution < -0.4 is 15.6 Å². The largest absolute Gasteiger partial charge is 0.496 e. The molecular weight excluding hydrogens is 518 g/mol. The molecule has 0 unspecified atom stereocenters. The van der Waals surface area contributed by atoms with Crippen molar-refractivity contribution >= 4 is 16.8 Å². The van der Waals surface area contributed by atoms with Crippen LogP contribution in [-0.2, 0) is 6.54 Å². The van der Waals surface area contributed by atoms with Crippen molar-refractivity contribution in [2.24, 2.45) is 11.3 Å². The van der Waals surface area contributed by atoms with Crippen LogP contribution in [0.4, 0.5) is 8.78 Å². The summed E-state index contributed by atoms with van der Waals surface area (Å²) >= 11 is 0. The van der Waals surface area contributed by atoms with E-state index < -0.39 is 11.5 Å². The molecule has 3 heterocycles. The van der Waals surface area contributed by atoms with Crippen LogP contribution in [0.15, 0.2) is 35.1 Å². The average Bonchev–Trinajstić information content (AvgIpc) is 3.64. The molecule has 40 heavy (non-hydrogen) atoms. The summed E-state index contributed by atoms with van der Waals surface area (Å²) in [7, 11) is 1.50. The quantitative estimate of drug-likeness (QED) is 0.360. The minimum Gasteiger partial charge on any atom is -0.496 e. The lowest BCUT2D eigenvalue weighted by atomic mass is 9.89. The molecule has 2 aromatic heterocycles. The predicted molar refractivity (Wildman–Crippen MR) is 149 cm³/mol. The number of fused-ring (bicyclic) bond motifs is 1. The van der Waals surface area contributed by atoms with E-state index in [0.717, 1.165) is 29.4 Å². The Morgan fingerprint density at radius 3 is 2.55 bits per heavy atom. The van der Waals surface area contributed by atoms with E-state index in [1.165, 1.54) is 7.11 Å². The normalized spacial score (nSPS) is 18.6. The van der Waals surface area contributed by atoms with E-state index in [9.17, 15) is 23.5 Å². The summed E-state index contributed by atoms with van der Waals surface area (Å²) in [4.78, 5) is 30.9. The number of alkyl halides is 2. The second kappa shape index (κ2) is 10.6. The Kier molecular flexibility index (Phi) is 7.52. The fourth-order valence-electron chi connectivity index (χ4n) is 6.43. The van der Waals surface area contributed by atoms with Crippen molar-refractivity contribution in [3.05, 3.63) is 63.2 Å². The first kappa shape index (κ1) is 28.3. The fourth-order valence-corrected chi connectivity index (χ4v) is 6.43. The molecule has 1 aliphatic heterocycles. The number of pyridine rings is 1. The number of H-pyrrole nitrogens is 1. The molecule has 1 saturated heterocycles. The second-order valence-corrected chi connectivity index (χ2v) is 11.5. The van der Waals surface area contributed by atoms with Gasteiger partial charge in [0.05, 0.1) is 30.2 Å². The van der Waals surface area contributed by atoms with Gasteiger partial charge in [0.2, 0.25) is 0 Å². The van der Waals surface area contributed by atoms with Crippen LogP contribution in [0.3, 0.4) is 0 Å². The van der Waals surface area contributed by atoms with Crippen molar-refractivity contribution < 1.29 is 23.4 Å². The van der Waals surface area contributed by atoms with E-state index in [1.807, 2.05) is 31.2 Å². The molecule has 1 aliphatic carbocycles. The molecule has 1 atom stereocenters. The third kappa shape index (κ3) is 5.14. The molecule has 0 radical (unpaired) electrons. The lowest BCUT2D eigenvalue weighted by Crippen LogP contribution is -2.44. The van der Waals surface area contributed by atoms with Gasteiger partial charge in [0.25, 0.3) is 11.5 Å². The Bertz CT molecular complexity index is 1460. The van der Waals surface area contributed by atoms with Gasteiger partial charge in [0.1, 0.15) is 5.75 Å². The van der Waals surface area contributed by atoms with Gasteiger partial charge >= 0.3 is 6.11 Å². The Morgan fingerprint density at radius 2 is 1.93 bits per heavy atom. The molecule has 2 aliphatic rings. The first-order chi connectivity index (χ1) is 19.0. The van der Waals surface area contributed by atoms with Gasteiger partial charge in [-0.05, 0) is 77.6 Å². The van der Waals surface area contributed by atoms with Crippen LogP contribution in [0.1, 0.15) is 66.0 Å². The molecule has 2 fully saturated rings. The minimum atomic E-state index is -3.63. The summed E-state index contributed by atoms with van der Waals surface area (Å²) in [5, 5.41) is 13.1. The van der Waals surface area contributed by atoms with Gasteiger partial charge in [-0.3, -0.25) is 9.59 Å². The Hall–Kier alpha value is -3.24. The van der Waals surface area contributed by atoms with Crippen LogP contribution >= 0.6 is 0 Å². The molecule has 1 aromatic carbocycles. The Balaban J connectivity index is 1.34. The zero-order valence-electron chi connectivity index (χ0n) is 23.5. The van der Waals surface area contributed by atoms with Crippen molar-refractivity contribution in [3.63, 3.8) is 0 Å². The third-order valence-electron chi connectivity index (χ3n) is 9.00. The maximum Gasteiger partial charge on any atom is 0.360 e. The standard InChI is InChI=1S/C30H38F2N4O4/c1-18-15-25(40-4)23(27(37)34-18)16-33-28(38)26-20(3)36(24-8-6-5-7-22(24)26)19(2)21-9-13-35(14-10-21)17-29(11-12-29)30(31,32)39/h5-8,15,19,21,39H,9-14,16-17H2,1-4H3,(H,33,38)(H,34,37)/t19-/m1/s1. The maximum absolute atomic E-state index is 13.7. The first-order valence-electron chi connectivity index (χ1n) is 13.9. The van der Waals surface area contributed by atoms with Crippen LogP contribution in [0, 0.1) is 25.2 Å². The van der Waals surface area contributed by atoms with E-state index in [1.54, 1.807) is 13.0 Å². The Labute approximate surface area is 232 Å². The van der Waals surface area contributed by atoms with Crippen molar-refractivity contribution in [3.8, 4) is 5.75 Å². The van der Waals surface area contributed by atoms with E-state index in [4.69, 9.17) is 4.74 Å². The molecule has 0 bridgehead atoms. The van der Waals surface area contributed by atoms with Crippen molar-refractivity contribution in [1.82, 2.24) is 19.8 Å². The number of hydrogen-bond donors (Lipinski definition) is 3. The molecule has 5 rings (SSSR count). The number of nitrogens with one attached hydrogen (secondary N) is 2. The number of amides is 1. The molecule has 8 nitrogen and oxygen atoms in total. The molecule has 1 saturated carbocycles. The average molecular weight is 557 g/mol. The Morgan fingerprint density at radius 1 is 1.25 bits per heavy atom. The zero-order valence-corrected chi connectivity index (χ0v) is 23.5. The van der Waals surface area contributed by atoms with Gasteiger partial charge in [0, 0.05) is 34.9 Å². The monoisotopic (exact) mass is 556 g/mol. The highest BCUT2D eigenvalue weighted by Crippen LogP contribution is 2.56. The number of carbonyl (C=O) groups excluding carboxylic acids is 1. The van der Waals surface area contributed by atoms with Gasteiger partial charge in [-0.15, -0.1) is 0 Å². The number of nitrogens with zero attached hydrogens (tertiary/aromatic N) is 2. The highest BCUT2D eigenvalue weighted by molar-refractivity contribution is 6.08. The number of rotatable bonds is 9. The van der Waals surface area contributed by atoms with Crippen molar-refractivity contribution in [2.75, 3.05) is 26.7 Å².